The van der Waals surface area contributed by atoms with Crippen LogP contribution in [0.15, 0.2) is 41.2 Å². The minimum atomic E-state index is -0.112. The average molecular weight is 375 g/mol. The van der Waals surface area contributed by atoms with Crippen LogP contribution < -0.4 is 10.7 Å². The maximum absolute atomic E-state index is 13.4. The number of H-pyrrole nitrogens is 1. The smallest absolute Gasteiger partial charge is 0.273 e. The molecule has 0 spiro atoms. The molecule has 0 atom stereocenters. The number of benzene rings is 2. The topological polar surface area (TPSA) is 53.4 Å². The van der Waals surface area contributed by atoms with Crippen LogP contribution in [0.3, 0.4) is 0 Å². The number of hydrogen-bond acceptors (Lipinski definition) is 2. The van der Waals surface area contributed by atoms with E-state index in [0.29, 0.717) is 12.5 Å². The first-order chi connectivity index (χ1) is 13.3. The Morgan fingerprint density at radius 3 is 2.43 bits per heavy atom. The molecule has 4 rings (SSSR count). The van der Waals surface area contributed by atoms with Crippen molar-refractivity contribution in [2.24, 2.45) is 5.92 Å². The Labute approximate surface area is 164 Å². The third kappa shape index (κ3) is 3.11. The van der Waals surface area contributed by atoms with Gasteiger partial charge in [-0.15, -0.1) is 0 Å². The molecule has 0 aliphatic carbocycles. The highest BCUT2D eigenvalue weighted by Crippen LogP contribution is 2.21. The lowest BCUT2D eigenvalue weighted by Crippen LogP contribution is -2.29. The molecule has 0 aliphatic rings. The first-order valence-electron chi connectivity index (χ1n) is 9.84. The summed E-state index contributed by atoms with van der Waals surface area (Å²) in [5, 5.41) is 5.60. The zero-order chi connectivity index (χ0) is 20.0. The fourth-order valence-corrected chi connectivity index (χ4v) is 4.08. The van der Waals surface area contributed by atoms with Gasteiger partial charge >= 0.3 is 5.69 Å². The number of rotatable bonds is 4. The van der Waals surface area contributed by atoms with E-state index < -0.39 is 0 Å². The van der Waals surface area contributed by atoms with Gasteiger partial charge in [-0.2, -0.15) is 0 Å². The van der Waals surface area contributed by atoms with Crippen molar-refractivity contribution < 1.29 is 4.98 Å². The number of fused-ring (bicyclic) bond motifs is 3. The first kappa shape index (κ1) is 18.4. The summed E-state index contributed by atoms with van der Waals surface area (Å²) in [5.74, 6) is 1.31. The number of nitrogens with zero attached hydrogens (tertiary/aromatic N) is 3. The Bertz CT molecular complexity index is 1220. The maximum atomic E-state index is 13.4. The quantitative estimate of drug-likeness (QED) is 0.547. The average Bonchev–Trinajstić information content (AvgIpc) is 3.04. The molecule has 2 aromatic carbocycles. The largest absolute Gasteiger partial charge is 0.423 e. The molecule has 1 N–H and O–H groups in total. The third-order valence-corrected chi connectivity index (χ3v) is 5.32. The van der Waals surface area contributed by atoms with Crippen molar-refractivity contribution in [1.82, 2.24) is 14.2 Å². The van der Waals surface area contributed by atoms with E-state index in [0.717, 1.165) is 28.8 Å². The van der Waals surface area contributed by atoms with Crippen molar-refractivity contribution in [3.8, 4) is 0 Å². The fraction of sp³-hybridized carbons (Fsp3) is 0.348. The molecule has 2 heterocycles. The lowest BCUT2D eigenvalue weighted by molar-refractivity contribution is -0.359. The monoisotopic (exact) mass is 375 g/mol. The van der Waals surface area contributed by atoms with Crippen molar-refractivity contribution in [2.75, 3.05) is 0 Å². The molecule has 4 aromatic rings. The molecule has 0 radical (unpaired) electrons. The molecule has 144 valence electrons. The molecule has 0 saturated carbocycles. The summed E-state index contributed by atoms with van der Waals surface area (Å²) in [5.41, 5.74) is 6.43. The molecule has 28 heavy (non-hydrogen) atoms. The molecule has 0 aliphatic heterocycles. The van der Waals surface area contributed by atoms with Gasteiger partial charge in [0.15, 0.2) is 0 Å². The summed E-state index contributed by atoms with van der Waals surface area (Å²) in [6.45, 7) is 11.2. The van der Waals surface area contributed by atoms with Crippen molar-refractivity contribution >= 4 is 16.6 Å². The Hall–Kier alpha value is -2.95. The summed E-state index contributed by atoms with van der Waals surface area (Å²) in [6.07, 6.45) is 0.811. The second kappa shape index (κ2) is 6.89. The molecule has 5 heteroatoms. The van der Waals surface area contributed by atoms with E-state index in [1.807, 2.05) is 28.8 Å². The van der Waals surface area contributed by atoms with Gasteiger partial charge in [0.1, 0.15) is 0 Å². The van der Waals surface area contributed by atoms with Gasteiger partial charge in [0.25, 0.3) is 11.5 Å². The van der Waals surface area contributed by atoms with Crippen LogP contribution >= 0.6 is 0 Å². The number of hydrogen-bond donors (Lipinski definition) is 0. The predicted octanol–water partition coefficient (Wildman–Crippen LogP) is 3.64. The first-order valence-corrected chi connectivity index (χ1v) is 9.84. The van der Waals surface area contributed by atoms with Crippen LogP contribution in [0.4, 0.5) is 0 Å². The molecule has 0 fully saturated rings. The Kier molecular flexibility index (Phi) is 4.53. The van der Waals surface area contributed by atoms with Gasteiger partial charge in [-0.25, -0.2) is 9.78 Å². The maximum Gasteiger partial charge on any atom is 0.423 e. The molecular formula is C23H27N4O+. The zero-order valence-electron chi connectivity index (χ0n) is 17.2. The van der Waals surface area contributed by atoms with Crippen molar-refractivity contribution in [1.29, 1.82) is 0 Å². The molecular weight excluding hydrogens is 348 g/mol. The van der Waals surface area contributed by atoms with Gasteiger partial charge < -0.3 is 0 Å². The third-order valence-electron chi connectivity index (χ3n) is 5.32. The van der Waals surface area contributed by atoms with E-state index in [9.17, 15) is 4.79 Å². The number of nitrogens with one attached hydrogen (secondary N) is 1. The Morgan fingerprint density at radius 2 is 1.75 bits per heavy atom. The highest BCUT2D eigenvalue weighted by atomic mass is 16.2. The molecule has 5 nitrogen and oxygen atoms in total. The summed E-state index contributed by atoms with van der Waals surface area (Å²) in [4.78, 5) is 16.7. The van der Waals surface area contributed by atoms with Crippen LogP contribution in [0.25, 0.3) is 16.6 Å². The lowest BCUT2D eigenvalue weighted by Gasteiger charge is -2.14. The SMILES string of the molecule is Cc1cc(C)c(Cn2c(=O)n3nc(CC(C)C)[nH+]c3c3ccccc32)c(C)c1. The van der Waals surface area contributed by atoms with Crippen LogP contribution in [-0.4, -0.2) is 14.2 Å². The van der Waals surface area contributed by atoms with E-state index >= 15 is 0 Å². The summed E-state index contributed by atoms with van der Waals surface area (Å²) in [6, 6.07) is 12.4. The highest BCUT2D eigenvalue weighted by molar-refractivity contribution is 5.89. The Balaban J connectivity index is 1.98. The van der Waals surface area contributed by atoms with Crippen molar-refractivity contribution in [3.63, 3.8) is 0 Å². The summed E-state index contributed by atoms with van der Waals surface area (Å²) in [7, 11) is 0. The fourth-order valence-electron chi connectivity index (χ4n) is 4.08. The van der Waals surface area contributed by atoms with Crippen LogP contribution in [0.5, 0.6) is 0 Å². The van der Waals surface area contributed by atoms with Crippen LogP contribution in [0, 0.1) is 26.7 Å². The number of aromatic amines is 1. The molecule has 0 bridgehead atoms. The molecule has 2 aromatic heterocycles. The van der Waals surface area contributed by atoms with Crippen LogP contribution in [0.2, 0.25) is 0 Å². The van der Waals surface area contributed by atoms with E-state index in [4.69, 9.17) is 0 Å². The van der Waals surface area contributed by atoms with Crippen molar-refractivity contribution in [2.45, 2.75) is 47.6 Å². The van der Waals surface area contributed by atoms with Gasteiger partial charge in [0.05, 0.1) is 22.5 Å². The highest BCUT2D eigenvalue weighted by Gasteiger charge is 2.22. The van der Waals surface area contributed by atoms with E-state index in [2.05, 4.69) is 56.8 Å². The van der Waals surface area contributed by atoms with Gasteiger partial charge in [-0.3, -0.25) is 4.57 Å². The lowest BCUT2D eigenvalue weighted by atomic mass is 9.99. The second-order valence-electron chi connectivity index (χ2n) is 8.19. The van der Waals surface area contributed by atoms with Gasteiger partial charge in [0.2, 0.25) is 0 Å². The standard InChI is InChI=1S/C23H26N4O/c1-14(2)10-21-24-22-18-8-6-7-9-20(18)26(23(28)27(22)25-21)13-19-16(4)11-15(3)12-17(19)5/h6-9,11-12,14H,10,13H2,1-5H3/p+1. The van der Waals surface area contributed by atoms with Gasteiger partial charge in [0, 0.05) is 6.42 Å². The normalized spacial score (nSPS) is 11.8. The second-order valence-corrected chi connectivity index (χ2v) is 8.19. The molecule has 0 unspecified atom stereocenters. The van der Waals surface area contributed by atoms with E-state index in [-0.39, 0.29) is 5.69 Å². The molecule has 0 amide bonds. The summed E-state index contributed by atoms with van der Waals surface area (Å²) < 4.78 is 3.37. The van der Waals surface area contributed by atoms with E-state index in [1.54, 1.807) is 0 Å². The van der Waals surface area contributed by atoms with Gasteiger partial charge in [-0.05, 0) is 60.0 Å². The molecule has 0 saturated heterocycles. The van der Waals surface area contributed by atoms with Crippen LogP contribution in [-0.2, 0) is 13.0 Å². The predicted molar refractivity (Wildman–Crippen MR) is 112 cm³/mol. The van der Waals surface area contributed by atoms with Gasteiger partial charge in [-0.1, -0.05) is 43.7 Å². The number of para-hydroxylation sites is 1. The van der Waals surface area contributed by atoms with Crippen LogP contribution in [0.1, 0.15) is 41.9 Å². The minimum absolute atomic E-state index is 0.112. The van der Waals surface area contributed by atoms with E-state index in [1.165, 1.54) is 26.8 Å². The Morgan fingerprint density at radius 1 is 1.07 bits per heavy atom. The zero-order valence-corrected chi connectivity index (χ0v) is 17.2. The summed E-state index contributed by atoms with van der Waals surface area (Å²) >= 11 is 0. The van der Waals surface area contributed by atoms with Crippen molar-refractivity contribution in [3.05, 3.63) is 75.0 Å². The number of aromatic nitrogens is 4. The number of aryl methyl sites for hydroxylation is 3. The minimum Gasteiger partial charge on any atom is -0.273 e.